The molecule has 1 aliphatic heterocycles. The zero-order valence-corrected chi connectivity index (χ0v) is 18.0. The van der Waals surface area contributed by atoms with Crippen molar-refractivity contribution in [2.75, 3.05) is 32.7 Å². The molecule has 29 heavy (non-hydrogen) atoms. The van der Waals surface area contributed by atoms with Crippen molar-refractivity contribution in [2.45, 2.75) is 19.3 Å². The van der Waals surface area contributed by atoms with Crippen molar-refractivity contribution in [3.8, 4) is 0 Å². The van der Waals surface area contributed by atoms with Gasteiger partial charge in [0.15, 0.2) is 0 Å². The molecule has 4 rings (SSSR count). The van der Waals surface area contributed by atoms with E-state index < -0.39 is 0 Å². The normalized spacial score (nSPS) is 16.3. The smallest absolute Gasteiger partial charge is 0.223 e. The minimum absolute atomic E-state index is 0.0855. The number of hydrogen-bond donors (Lipinski definition) is 1. The first-order valence-electron chi connectivity index (χ1n) is 10.1. The van der Waals surface area contributed by atoms with Gasteiger partial charge in [-0.25, -0.2) is 0 Å². The maximum Gasteiger partial charge on any atom is 0.223 e. The second kappa shape index (κ2) is 8.78. The minimum Gasteiger partial charge on any atom is -0.361 e. The van der Waals surface area contributed by atoms with Crippen molar-refractivity contribution in [2.24, 2.45) is 0 Å². The maximum atomic E-state index is 13.2. The van der Waals surface area contributed by atoms with Crippen LogP contribution in [0.15, 0.2) is 48.7 Å². The third kappa shape index (κ3) is 4.45. The fourth-order valence-electron chi connectivity index (χ4n) is 4.15. The molecule has 2 aromatic carbocycles. The van der Waals surface area contributed by atoms with Crippen LogP contribution in [0.3, 0.4) is 0 Å². The molecule has 0 unspecified atom stereocenters. The fraction of sp³-hybridized carbons (Fsp3) is 0.348. The molecule has 0 aliphatic carbocycles. The molecule has 0 bridgehead atoms. The van der Waals surface area contributed by atoms with E-state index in [-0.39, 0.29) is 11.8 Å². The molecule has 2 heterocycles. The van der Waals surface area contributed by atoms with Gasteiger partial charge in [0.2, 0.25) is 5.91 Å². The highest BCUT2D eigenvalue weighted by atomic mass is 35.5. The van der Waals surface area contributed by atoms with Crippen LogP contribution in [0.2, 0.25) is 10.0 Å². The zero-order valence-electron chi connectivity index (χ0n) is 16.5. The summed E-state index contributed by atoms with van der Waals surface area (Å²) >= 11 is 12.5. The van der Waals surface area contributed by atoms with E-state index in [1.807, 2.05) is 53.6 Å². The summed E-state index contributed by atoms with van der Waals surface area (Å²) in [7, 11) is 0. The number of carbonyl (C=O) groups is 1. The van der Waals surface area contributed by atoms with Crippen LogP contribution >= 0.6 is 23.2 Å². The van der Waals surface area contributed by atoms with Crippen LogP contribution in [0.1, 0.15) is 30.4 Å². The van der Waals surface area contributed by atoms with Crippen LogP contribution in [-0.4, -0.2) is 53.4 Å². The Bertz CT molecular complexity index is 1010. The molecular formula is C23H25Cl2N3O. The lowest BCUT2D eigenvalue weighted by Crippen LogP contribution is -2.48. The number of nitrogens with zero attached hydrogens (tertiary/aromatic N) is 2. The van der Waals surface area contributed by atoms with Crippen LogP contribution in [0.5, 0.6) is 0 Å². The standard InChI is InChI=1S/C23H25Cl2N3O/c1-2-27-8-10-28(11-9-27)23(29)14-19(16-4-3-5-17(24)12-16)21-15-26-22-7-6-18(25)13-20(21)22/h3-7,12-13,15,19,26H,2,8-11,14H2,1H3/t19-/m1/s1. The van der Waals surface area contributed by atoms with Crippen LogP contribution in [-0.2, 0) is 4.79 Å². The summed E-state index contributed by atoms with van der Waals surface area (Å²) in [4.78, 5) is 20.9. The molecule has 0 radical (unpaired) electrons. The Morgan fingerprint density at radius 3 is 2.55 bits per heavy atom. The Morgan fingerprint density at radius 2 is 1.83 bits per heavy atom. The van der Waals surface area contributed by atoms with Crippen LogP contribution in [0, 0.1) is 0 Å². The van der Waals surface area contributed by atoms with Gasteiger partial charge in [0.25, 0.3) is 0 Å². The fourth-order valence-corrected chi connectivity index (χ4v) is 4.52. The number of rotatable bonds is 5. The summed E-state index contributed by atoms with van der Waals surface area (Å²) in [6, 6.07) is 13.6. The van der Waals surface area contributed by atoms with Gasteiger partial charge in [-0.05, 0) is 48.0 Å². The quantitative estimate of drug-likeness (QED) is 0.607. The van der Waals surface area contributed by atoms with Gasteiger partial charge in [-0.2, -0.15) is 0 Å². The molecule has 4 nitrogen and oxygen atoms in total. The summed E-state index contributed by atoms with van der Waals surface area (Å²) in [6.45, 7) is 6.64. The topological polar surface area (TPSA) is 39.3 Å². The molecule has 0 spiro atoms. The number of aromatic nitrogens is 1. The molecule has 1 atom stereocenters. The van der Waals surface area contributed by atoms with E-state index in [1.54, 1.807) is 0 Å². The molecule has 1 aliphatic rings. The van der Waals surface area contributed by atoms with E-state index in [9.17, 15) is 4.79 Å². The van der Waals surface area contributed by atoms with Crippen LogP contribution < -0.4 is 0 Å². The van der Waals surface area contributed by atoms with E-state index in [1.165, 1.54) is 0 Å². The average molecular weight is 430 g/mol. The predicted octanol–water partition coefficient (Wildman–Crippen LogP) is 5.16. The number of aromatic amines is 1. The van der Waals surface area contributed by atoms with Gasteiger partial charge in [0.1, 0.15) is 0 Å². The Kier molecular flexibility index (Phi) is 6.14. The number of hydrogen-bond acceptors (Lipinski definition) is 2. The lowest BCUT2D eigenvalue weighted by atomic mass is 9.87. The number of likely N-dealkylation sites (N-methyl/N-ethyl adjacent to an activating group) is 1. The number of carbonyl (C=O) groups excluding carboxylic acids is 1. The predicted molar refractivity (Wildman–Crippen MR) is 120 cm³/mol. The molecule has 3 aromatic rings. The molecule has 6 heteroatoms. The first-order chi connectivity index (χ1) is 14.0. The first kappa shape index (κ1) is 20.3. The molecule has 1 N–H and O–H groups in total. The number of amides is 1. The van der Waals surface area contributed by atoms with Crippen molar-refractivity contribution in [3.63, 3.8) is 0 Å². The van der Waals surface area contributed by atoms with Gasteiger partial charge < -0.3 is 14.8 Å². The highest BCUT2D eigenvalue weighted by Crippen LogP contribution is 2.36. The van der Waals surface area contributed by atoms with Crippen molar-refractivity contribution < 1.29 is 4.79 Å². The van der Waals surface area contributed by atoms with E-state index in [4.69, 9.17) is 23.2 Å². The van der Waals surface area contributed by atoms with Gasteiger partial charge in [-0.1, -0.05) is 42.3 Å². The number of H-pyrrole nitrogens is 1. The molecule has 152 valence electrons. The second-order valence-electron chi connectivity index (χ2n) is 7.56. The molecule has 1 amide bonds. The Hall–Kier alpha value is -2.01. The second-order valence-corrected chi connectivity index (χ2v) is 8.43. The number of halogens is 2. The third-order valence-corrected chi connectivity index (χ3v) is 6.32. The van der Waals surface area contributed by atoms with Crippen molar-refractivity contribution in [3.05, 3.63) is 69.8 Å². The highest BCUT2D eigenvalue weighted by molar-refractivity contribution is 6.31. The molecule has 1 aromatic heterocycles. The van der Waals surface area contributed by atoms with Gasteiger partial charge in [0.05, 0.1) is 0 Å². The summed E-state index contributed by atoms with van der Waals surface area (Å²) < 4.78 is 0. The largest absolute Gasteiger partial charge is 0.361 e. The maximum absolute atomic E-state index is 13.2. The first-order valence-corrected chi connectivity index (χ1v) is 10.8. The number of fused-ring (bicyclic) bond motifs is 1. The summed E-state index contributed by atoms with van der Waals surface area (Å²) in [5.74, 6) is 0.0970. The highest BCUT2D eigenvalue weighted by Gasteiger charge is 2.26. The lowest BCUT2D eigenvalue weighted by Gasteiger charge is -2.34. The zero-order chi connectivity index (χ0) is 20.4. The SMILES string of the molecule is CCN1CCN(C(=O)C[C@H](c2cccc(Cl)c2)c2c[nH]c3ccc(Cl)cc23)CC1. The molecule has 1 saturated heterocycles. The summed E-state index contributed by atoms with van der Waals surface area (Å²) in [5, 5.41) is 2.41. The summed E-state index contributed by atoms with van der Waals surface area (Å²) in [5.41, 5.74) is 3.13. The van der Waals surface area contributed by atoms with Gasteiger partial charge in [0, 0.05) is 65.7 Å². The Balaban J connectivity index is 1.66. The Labute approximate surface area is 181 Å². The monoisotopic (exact) mass is 429 g/mol. The molecule has 1 fully saturated rings. The van der Waals surface area contributed by atoms with E-state index in [0.717, 1.165) is 54.8 Å². The van der Waals surface area contributed by atoms with E-state index in [2.05, 4.69) is 16.8 Å². The lowest BCUT2D eigenvalue weighted by molar-refractivity contribution is -0.133. The summed E-state index contributed by atoms with van der Waals surface area (Å²) in [6.07, 6.45) is 2.40. The number of benzene rings is 2. The van der Waals surface area contributed by atoms with Gasteiger partial charge >= 0.3 is 0 Å². The van der Waals surface area contributed by atoms with Crippen LogP contribution in [0.4, 0.5) is 0 Å². The van der Waals surface area contributed by atoms with Gasteiger partial charge in [-0.3, -0.25) is 4.79 Å². The minimum atomic E-state index is -0.0855. The van der Waals surface area contributed by atoms with Crippen molar-refractivity contribution >= 4 is 40.0 Å². The number of nitrogens with one attached hydrogen (secondary N) is 1. The van der Waals surface area contributed by atoms with Crippen molar-refractivity contribution in [1.29, 1.82) is 0 Å². The molecular weight excluding hydrogens is 405 g/mol. The van der Waals surface area contributed by atoms with E-state index >= 15 is 0 Å². The van der Waals surface area contributed by atoms with Gasteiger partial charge in [-0.15, -0.1) is 0 Å². The Morgan fingerprint density at radius 1 is 1.07 bits per heavy atom. The average Bonchev–Trinajstić information content (AvgIpc) is 3.14. The molecule has 0 saturated carbocycles. The van der Waals surface area contributed by atoms with Crippen LogP contribution in [0.25, 0.3) is 10.9 Å². The van der Waals surface area contributed by atoms with E-state index in [0.29, 0.717) is 16.5 Å². The number of piperazine rings is 1. The van der Waals surface area contributed by atoms with Crippen molar-refractivity contribution in [1.82, 2.24) is 14.8 Å². The third-order valence-electron chi connectivity index (χ3n) is 5.85.